The maximum absolute atomic E-state index is 14.0. The Morgan fingerprint density at radius 2 is 1.36 bits per heavy atom. The van der Waals surface area contributed by atoms with Gasteiger partial charge in [0.05, 0.1) is 43.6 Å². The van der Waals surface area contributed by atoms with Gasteiger partial charge in [-0.25, -0.2) is 4.57 Å². The molecule has 6 aliphatic rings. The zero-order valence-corrected chi connectivity index (χ0v) is 47.2. The molecule has 1 amide bonds. The molecule has 26 nitrogen and oxygen atoms in total. The number of nitrogens with zero attached hydrogens (tertiary/aromatic N) is 3. The molecule has 0 spiro atoms. The summed E-state index contributed by atoms with van der Waals surface area (Å²) in [5.41, 5.74) is -4.58. The zero-order valence-electron chi connectivity index (χ0n) is 46.3. The molecule has 0 aliphatic carbocycles. The van der Waals surface area contributed by atoms with Crippen molar-refractivity contribution in [2.24, 2.45) is 60.3 Å². The van der Waals surface area contributed by atoms with Crippen molar-refractivity contribution in [3.05, 3.63) is 34.3 Å². The number of hydrogen-bond acceptors (Lipinski definition) is 18. The Morgan fingerprint density at radius 3 is 1.91 bits per heavy atom. The van der Waals surface area contributed by atoms with Crippen LogP contribution in [-0.4, -0.2) is 165 Å². The van der Waals surface area contributed by atoms with Gasteiger partial charge in [-0.05, 0) is 70.6 Å². The Morgan fingerprint density at radius 1 is 0.787 bits per heavy atom. The minimum absolute atomic E-state index is 0.0226. The third-order valence-corrected chi connectivity index (χ3v) is 19.1. The number of fused-ring (bicyclic) bond motifs is 6. The first-order valence-electron chi connectivity index (χ1n) is 26.6. The summed E-state index contributed by atoms with van der Waals surface area (Å²) in [6, 6.07) is -1.26. The number of ether oxygens (including phenoxy) is 1. The van der Waals surface area contributed by atoms with Crippen LogP contribution in [0.1, 0.15) is 133 Å². The molecular weight excluding hydrogens is 1070 g/mol. The van der Waals surface area contributed by atoms with Gasteiger partial charge in [0.15, 0.2) is 6.29 Å². The fourth-order valence-electron chi connectivity index (χ4n) is 13.5. The highest BCUT2D eigenvalue weighted by atomic mass is 31.2. The average molecular weight is 1150 g/mol. The molecule has 0 radical (unpaired) electrons. The Bertz CT molecular complexity index is 2790. The quantitative estimate of drug-likeness (QED) is 0.0576. The van der Waals surface area contributed by atoms with E-state index in [0.717, 1.165) is 0 Å². The summed E-state index contributed by atoms with van der Waals surface area (Å²) in [6.45, 7) is 13.8. The number of allylic oxidation sites excluding steroid dienone is 6. The van der Waals surface area contributed by atoms with Gasteiger partial charge in [0.25, 0.3) is 0 Å². The van der Waals surface area contributed by atoms with Gasteiger partial charge >= 0.3 is 43.6 Å². The molecule has 2 fully saturated rings. The number of phosphoric acid groups is 1. The lowest BCUT2D eigenvalue weighted by Gasteiger charge is -2.48. The van der Waals surface area contributed by atoms with Gasteiger partial charge in [0.2, 0.25) is 5.91 Å². The van der Waals surface area contributed by atoms with E-state index in [1.54, 1.807) is 47.6 Å². The van der Waals surface area contributed by atoms with Crippen molar-refractivity contribution in [1.82, 2.24) is 10.6 Å². The number of aliphatic imine (C=N–C) groups is 3. The van der Waals surface area contributed by atoms with E-state index in [9.17, 15) is 89.0 Å². The van der Waals surface area contributed by atoms with E-state index in [1.165, 1.54) is 6.92 Å². The first-order chi connectivity index (χ1) is 37.0. The molecule has 0 aromatic heterocycles. The minimum Gasteiger partial charge on any atom is -0.481 e. The van der Waals surface area contributed by atoms with Crippen LogP contribution in [-0.2, 0) is 51.9 Å². The highest BCUT2D eigenvalue weighted by Gasteiger charge is 2.66. The number of nitrogens with one attached hydrogen (secondary N) is 2. The van der Waals surface area contributed by atoms with E-state index in [1.807, 2.05) is 13.8 Å². The van der Waals surface area contributed by atoms with E-state index in [0.29, 0.717) is 33.9 Å². The van der Waals surface area contributed by atoms with E-state index < -0.39 is 176 Å². The third kappa shape index (κ3) is 12.4. The van der Waals surface area contributed by atoms with E-state index in [2.05, 4.69) is 10.6 Å². The number of hydrogen-bond donors (Lipinski definition) is 12. The number of aliphatic carboxylic acids is 6. The predicted octanol–water partition coefficient (Wildman–Crippen LogP) is 3.91. The van der Waals surface area contributed by atoms with E-state index in [4.69, 9.17) is 28.8 Å². The Kier molecular flexibility index (Phi) is 18.7. The van der Waals surface area contributed by atoms with E-state index >= 15 is 0 Å². The van der Waals surface area contributed by atoms with Crippen LogP contribution in [0.3, 0.4) is 0 Å². The number of carboxylic acid groups (broad SMARTS) is 6. The topological polar surface area (TPSA) is 428 Å². The highest BCUT2D eigenvalue weighted by molar-refractivity contribution is 7.47. The van der Waals surface area contributed by atoms with Gasteiger partial charge in [-0.2, -0.15) is 0 Å². The molecule has 6 aliphatic heterocycles. The molecular formula is C53H76N5O21P. The number of carbonyl (C=O) groups is 7. The summed E-state index contributed by atoms with van der Waals surface area (Å²) in [4.78, 5) is 118. The monoisotopic (exact) mass is 1150 g/mol. The molecule has 6 heterocycles. The van der Waals surface area contributed by atoms with Crippen LogP contribution in [0.15, 0.2) is 49.3 Å². The summed E-state index contributed by atoms with van der Waals surface area (Å²) in [5, 5.41) is 98.4. The van der Waals surface area contributed by atoms with Crippen LogP contribution in [0.25, 0.3) is 0 Å². The van der Waals surface area contributed by atoms with Crippen molar-refractivity contribution in [2.45, 2.75) is 175 Å². The first kappa shape index (κ1) is 63.5. The van der Waals surface area contributed by atoms with Gasteiger partial charge in [-0.3, -0.25) is 57.6 Å². The fraction of sp³-hybridized carbons (Fsp3) is 0.698. The van der Waals surface area contributed by atoms with Gasteiger partial charge in [0.1, 0.15) is 18.3 Å². The van der Waals surface area contributed by atoms with Crippen LogP contribution in [0.2, 0.25) is 0 Å². The maximum Gasteiger partial charge on any atom is 0.472 e. The second-order valence-electron chi connectivity index (χ2n) is 23.6. The van der Waals surface area contributed by atoms with Crippen molar-refractivity contribution in [1.29, 1.82) is 0 Å². The van der Waals surface area contributed by atoms with Crippen molar-refractivity contribution < 1.29 is 103 Å². The van der Waals surface area contributed by atoms with Crippen LogP contribution < -0.4 is 10.6 Å². The Balaban J connectivity index is 1.57. The molecule has 27 heteroatoms. The summed E-state index contributed by atoms with van der Waals surface area (Å²) >= 11 is 0. The number of aliphatic hydroxyl groups is 3. The number of amides is 1. The summed E-state index contributed by atoms with van der Waals surface area (Å²) < 4.78 is 28.2. The van der Waals surface area contributed by atoms with Crippen LogP contribution in [0, 0.1) is 45.3 Å². The summed E-state index contributed by atoms with van der Waals surface area (Å²) in [5.74, 6) is -11.7. The molecule has 0 aromatic rings. The van der Waals surface area contributed by atoms with Crippen molar-refractivity contribution in [3.8, 4) is 0 Å². The second kappa shape index (κ2) is 23.6. The van der Waals surface area contributed by atoms with Gasteiger partial charge in [-0.15, -0.1) is 0 Å². The molecule has 2 saturated heterocycles. The lowest BCUT2D eigenvalue weighted by atomic mass is 9.55. The molecule has 8 bridgehead atoms. The number of carbonyl (C=O) groups excluding carboxylic acids is 1. The smallest absolute Gasteiger partial charge is 0.472 e. The Hall–Kier alpha value is -5.73. The molecule has 12 N–H and O–H groups in total. The molecule has 0 saturated carbocycles. The van der Waals surface area contributed by atoms with Crippen molar-refractivity contribution in [2.75, 3.05) is 13.2 Å². The number of rotatable bonds is 25. The summed E-state index contributed by atoms with van der Waals surface area (Å²) in [7, 11) is -5.06. The lowest BCUT2D eigenvalue weighted by Crippen LogP contribution is -2.55. The molecule has 444 valence electrons. The number of carboxylic acids is 6. The maximum atomic E-state index is 14.0. The molecule has 80 heavy (non-hydrogen) atoms. The minimum atomic E-state index is -5.06. The van der Waals surface area contributed by atoms with E-state index in [-0.39, 0.29) is 56.4 Å². The SMILES string of the molecule is CC1=C2N=C(C=C3N/C(=C(/C)C4=N[C@@](C)([C@@H]5N=C1[C@](C)(CCC(=O)NC[C@@H](C)OP(=O)(O)O[C@H]1[C@@H](O)[C@@H](O)O[C@@H]1CO)[C@H]5CC(=O)O)[C@@](C)(CC(=O)O)[C@@H]4CCC(=O)O)[C@@](C)(CC(=O)O)[C@@H]3CCC(=O)O)C(C)(C)[C@@H]2CCC(=O)O. The van der Waals surface area contributed by atoms with Crippen LogP contribution in [0.5, 0.6) is 0 Å². The summed E-state index contributed by atoms with van der Waals surface area (Å²) in [6.07, 6.45) is -9.99. The van der Waals surface area contributed by atoms with Crippen LogP contribution in [0.4, 0.5) is 0 Å². The first-order valence-corrected chi connectivity index (χ1v) is 28.1. The molecule has 1 unspecified atom stereocenters. The number of aliphatic hydroxyl groups excluding tert-OH is 3. The standard InChI is InChI=1S/C53H76N5O21P/c1-24(78-80(75,76)79-44-32(23-59)77-48(74)43(44)73)22-54-34(60)16-17-50(6)30(18-38(67)68)47-53(9)52(8,21-40(71)72)29(12-15-37(65)66)42(58-53)26(3)46-51(7,20-39(69)70)27(10-13-35(61)62)31(55-46)19-33-49(4,5)28(11-14-36(63)64)41(56-33)25(2)45(50)57-47/h19,24,27-30,32,43-44,47-48,55,59,73-74H,10-18,20-23H2,1-9H3,(H,54,60)(H,61,62)(H,63,64)(H,65,66)(H,67,68)(H,69,70)(H,71,72)(H,75,76)/b31-19?,41-25?,46-26-/t24-,27-,28-,29-,30+,32-,43-,44-,47-,48+,50-,51+,52+,53+/m1/s1. The van der Waals surface area contributed by atoms with Crippen LogP contribution >= 0.6 is 7.82 Å². The zero-order chi connectivity index (χ0) is 60.0. The largest absolute Gasteiger partial charge is 0.481 e. The fourth-order valence-corrected chi connectivity index (χ4v) is 14.7. The van der Waals surface area contributed by atoms with Crippen molar-refractivity contribution >= 4 is 66.7 Å². The molecule has 6 rings (SSSR count). The Labute approximate surface area is 461 Å². The average Bonchev–Trinajstić information content (AvgIpc) is 4.19. The molecule has 15 atom stereocenters. The second-order valence-corrected chi connectivity index (χ2v) is 24.9. The van der Waals surface area contributed by atoms with Gasteiger partial charge in [-0.1, -0.05) is 34.6 Å². The molecule has 0 aromatic carbocycles. The lowest BCUT2D eigenvalue weighted by molar-refractivity contribution is -0.143. The van der Waals surface area contributed by atoms with Gasteiger partial charge < -0.3 is 66.2 Å². The highest BCUT2D eigenvalue weighted by Crippen LogP contribution is 2.62. The van der Waals surface area contributed by atoms with Crippen molar-refractivity contribution in [3.63, 3.8) is 0 Å². The number of phosphoric ester groups is 1. The third-order valence-electron chi connectivity index (χ3n) is 18.0. The normalized spacial score (nSPS) is 35.4. The van der Waals surface area contributed by atoms with Gasteiger partial charge in [0, 0.05) is 112 Å². The predicted molar refractivity (Wildman–Crippen MR) is 282 cm³/mol.